The highest BCUT2D eigenvalue weighted by molar-refractivity contribution is 9.10. The minimum Gasteiger partial charge on any atom is -0.317 e. The Hall–Kier alpha value is -0.520. The van der Waals surface area contributed by atoms with Gasteiger partial charge in [0.05, 0.1) is 4.47 Å². The number of nitrogens with zero attached hydrogens (tertiary/aromatic N) is 1. The summed E-state index contributed by atoms with van der Waals surface area (Å²) in [5.74, 6) is -0.965. The molecule has 2 nitrogen and oxygen atoms in total. The average molecular weight is 319 g/mol. The Balaban J connectivity index is 2.10. The molecule has 1 aliphatic heterocycles. The first-order valence-corrected chi connectivity index (χ1v) is 6.92. The summed E-state index contributed by atoms with van der Waals surface area (Å²) < 4.78 is 27.8. The molecule has 0 atom stereocenters. The van der Waals surface area contributed by atoms with E-state index in [0.717, 1.165) is 25.9 Å². The highest BCUT2D eigenvalue weighted by atomic mass is 79.9. The van der Waals surface area contributed by atoms with Crippen molar-refractivity contribution in [2.24, 2.45) is 0 Å². The van der Waals surface area contributed by atoms with Crippen LogP contribution in [0.5, 0.6) is 0 Å². The van der Waals surface area contributed by atoms with E-state index in [1.165, 1.54) is 12.1 Å². The Bertz CT molecular complexity index is 420. The van der Waals surface area contributed by atoms with Crippen molar-refractivity contribution in [3.8, 4) is 0 Å². The van der Waals surface area contributed by atoms with Gasteiger partial charge in [-0.2, -0.15) is 0 Å². The van der Waals surface area contributed by atoms with E-state index in [1.807, 2.05) is 11.9 Å². The molecule has 0 aromatic heterocycles. The van der Waals surface area contributed by atoms with E-state index in [9.17, 15) is 8.78 Å². The fourth-order valence-electron chi connectivity index (χ4n) is 2.34. The minimum absolute atomic E-state index is 0.144. The lowest BCUT2D eigenvalue weighted by Crippen LogP contribution is -2.41. The Morgan fingerprint density at radius 2 is 2.00 bits per heavy atom. The summed E-state index contributed by atoms with van der Waals surface area (Å²) in [6, 6.07) is 3.10. The summed E-state index contributed by atoms with van der Waals surface area (Å²) in [6.07, 6.45) is 2.04. The van der Waals surface area contributed by atoms with Crippen molar-refractivity contribution in [1.82, 2.24) is 10.2 Å². The lowest BCUT2D eigenvalue weighted by molar-refractivity contribution is 0.187. The molecule has 5 heteroatoms. The second-order valence-electron chi connectivity index (χ2n) is 4.72. The standard InChI is InChI=1S/C13H17BrF2N2/c1-18(9-4-6-17-7-5-9)8-10-12(15)3-2-11(14)13(10)16/h2-3,9,17H,4-8H2,1H3. The highest BCUT2D eigenvalue weighted by Gasteiger charge is 2.21. The van der Waals surface area contributed by atoms with Crippen molar-refractivity contribution >= 4 is 15.9 Å². The summed E-state index contributed by atoms with van der Waals surface area (Å²) in [6.45, 7) is 2.25. The molecule has 1 heterocycles. The Morgan fingerprint density at radius 3 is 2.67 bits per heavy atom. The number of hydrogen-bond donors (Lipinski definition) is 1. The molecule has 0 unspecified atom stereocenters. The van der Waals surface area contributed by atoms with Crippen LogP contribution in [-0.2, 0) is 6.54 Å². The molecule has 1 aliphatic rings. The molecule has 0 spiro atoms. The SMILES string of the molecule is CN(Cc1c(F)ccc(Br)c1F)C1CCNCC1. The van der Waals surface area contributed by atoms with E-state index in [-0.39, 0.29) is 5.56 Å². The molecule has 1 N–H and O–H groups in total. The van der Waals surface area contributed by atoms with Crippen molar-refractivity contribution < 1.29 is 8.78 Å². The number of rotatable bonds is 3. The molecule has 0 aliphatic carbocycles. The van der Waals surface area contributed by atoms with Gasteiger partial charge in [0.15, 0.2) is 0 Å². The van der Waals surface area contributed by atoms with Crippen molar-refractivity contribution in [1.29, 1.82) is 0 Å². The molecule has 0 amide bonds. The quantitative estimate of drug-likeness (QED) is 0.862. The molecule has 1 fully saturated rings. The van der Waals surface area contributed by atoms with Gasteiger partial charge in [0.2, 0.25) is 0 Å². The predicted molar refractivity (Wildman–Crippen MR) is 71.4 cm³/mol. The maximum absolute atomic E-state index is 13.9. The van der Waals surface area contributed by atoms with Crippen molar-refractivity contribution in [3.63, 3.8) is 0 Å². The second-order valence-corrected chi connectivity index (χ2v) is 5.57. The Labute approximate surface area is 114 Å². The maximum Gasteiger partial charge on any atom is 0.144 e. The first-order valence-electron chi connectivity index (χ1n) is 6.13. The highest BCUT2D eigenvalue weighted by Crippen LogP contribution is 2.24. The maximum atomic E-state index is 13.9. The van der Waals surface area contributed by atoms with Crippen LogP contribution in [0.1, 0.15) is 18.4 Å². The normalized spacial score (nSPS) is 17.4. The fraction of sp³-hybridized carbons (Fsp3) is 0.538. The molecule has 1 aromatic carbocycles. The largest absolute Gasteiger partial charge is 0.317 e. The van der Waals surface area contributed by atoms with Gasteiger partial charge in [-0.1, -0.05) is 0 Å². The first kappa shape index (κ1) is 13.9. The summed E-state index contributed by atoms with van der Waals surface area (Å²) in [4.78, 5) is 2.04. The number of piperidine rings is 1. The van der Waals surface area contributed by atoms with Crippen LogP contribution in [0.4, 0.5) is 8.78 Å². The monoisotopic (exact) mass is 318 g/mol. The van der Waals surface area contributed by atoms with Gasteiger partial charge in [0, 0.05) is 18.2 Å². The van der Waals surface area contributed by atoms with Crippen LogP contribution in [0, 0.1) is 11.6 Å². The van der Waals surface area contributed by atoms with Gasteiger partial charge in [-0.25, -0.2) is 8.78 Å². The van der Waals surface area contributed by atoms with Crippen LogP contribution in [0.25, 0.3) is 0 Å². The molecule has 0 radical (unpaired) electrons. The zero-order chi connectivity index (χ0) is 13.1. The summed E-state index contributed by atoms with van der Waals surface area (Å²) in [5.41, 5.74) is 0.144. The third-order valence-corrected chi connectivity index (χ3v) is 4.09. The van der Waals surface area contributed by atoms with Gasteiger partial charge >= 0.3 is 0 Å². The fourth-order valence-corrected chi connectivity index (χ4v) is 2.71. The van der Waals surface area contributed by atoms with Gasteiger partial charge in [-0.3, -0.25) is 4.90 Å². The zero-order valence-corrected chi connectivity index (χ0v) is 11.9. The summed E-state index contributed by atoms with van der Waals surface area (Å²) >= 11 is 3.10. The topological polar surface area (TPSA) is 15.3 Å². The van der Waals surface area contributed by atoms with Crippen molar-refractivity contribution in [2.75, 3.05) is 20.1 Å². The summed E-state index contributed by atoms with van der Waals surface area (Å²) in [5, 5.41) is 3.28. The van der Waals surface area contributed by atoms with Crippen molar-refractivity contribution in [2.45, 2.75) is 25.4 Å². The van der Waals surface area contributed by atoms with Crippen LogP contribution in [0.3, 0.4) is 0 Å². The smallest absolute Gasteiger partial charge is 0.144 e. The molecular weight excluding hydrogens is 302 g/mol. The molecule has 1 saturated heterocycles. The third kappa shape index (κ3) is 3.08. The average Bonchev–Trinajstić information content (AvgIpc) is 2.40. The number of benzene rings is 1. The van der Waals surface area contributed by atoms with Crippen LogP contribution < -0.4 is 5.32 Å². The predicted octanol–water partition coefficient (Wildman–Crippen LogP) is 2.91. The zero-order valence-electron chi connectivity index (χ0n) is 10.3. The van der Waals surface area contributed by atoms with E-state index in [1.54, 1.807) is 0 Å². The van der Waals surface area contributed by atoms with Crippen LogP contribution >= 0.6 is 15.9 Å². The number of hydrogen-bond acceptors (Lipinski definition) is 2. The minimum atomic E-state index is -0.490. The first-order chi connectivity index (χ1) is 8.59. The van der Waals surface area contributed by atoms with E-state index in [2.05, 4.69) is 21.2 Å². The van der Waals surface area contributed by atoms with Gasteiger partial charge in [0.25, 0.3) is 0 Å². The van der Waals surface area contributed by atoms with E-state index in [4.69, 9.17) is 0 Å². The van der Waals surface area contributed by atoms with Gasteiger partial charge < -0.3 is 5.32 Å². The lowest BCUT2D eigenvalue weighted by atomic mass is 10.0. The van der Waals surface area contributed by atoms with E-state index >= 15 is 0 Å². The second kappa shape index (κ2) is 6.08. The molecule has 1 aromatic rings. The molecule has 2 rings (SSSR count). The van der Waals surface area contributed by atoms with Gasteiger partial charge in [-0.05, 0) is 61.0 Å². The molecule has 18 heavy (non-hydrogen) atoms. The Morgan fingerprint density at radius 1 is 1.33 bits per heavy atom. The van der Waals surface area contributed by atoms with Gasteiger partial charge in [-0.15, -0.1) is 0 Å². The van der Waals surface area contributed by atoms with E-state index < -0.39 is 11.6 Å². The number of nitrogens with one attached hydrogen (secondary N) is 1. The molecule has 0 saturated carbocycles. The summed E-state index contributed by atoms with van der Waals surface area (Å²) in [7, 11) is 1.93. The molecule has 100 valence electrons. The van der Waals surface area contributed by atoms with Crippen LogP contribution in [-0.4, -0.2) is 31.1 Å². The Kier molecular flexibility index (Phi) is 4.70. The van der Waals surface area contributed by atoms with Crippen molar-refractivity contribution in [3.05, 3.63) is 33.8 Å². The van der Waals surface area contributed by atoms with Crippen LogP contribution in [0.15, 0.2) is 16.6 Å². The lowest BCUT2D eigenvalue weighted by Gasteiger charge is -2.31. The third-order valence-electron chi connectivity index (χ3n) is 3.48. The van der Waals surface area contributed by atoms with Gasteiger partial charge in [0.1, 0.15) is 11.6 Å². The number of halogens is 3. The van der Waals surface area contributed by atoms with Crippen LogP contribution in [0.2, 0.25) is 0 Å². The molecular formula is C13H17BrF2N2. The molecule has 0 bridgehead atoms. The van der Waals surface area contributed by atoms with E-state index in [0.29, 0.717) is 17.1 Å².